The van der Waals surface area contributed by atoms with Crippen molar-refractivity contribution in [1.29, 1.82) is 0 Å². The molecule has 1 aliphatic carbocycles. The first-order valence-electron chi connectivity index (χ1n) is 14.7. The first-order valence-corrected chi connectivity index (χ1v) is 15.5. The predicted molar refractivity (Wildman–Crippen MR) is 173 cm³/mol. The van der Waals surface area contributed by atoms with E-state index in [1.807, 2.05) is 0 Å². The number of para-hydroxylation sites is 2. The zero-order chi connectivity index (χ0) is 27.7. The Morgan fingerprint density at radius 1 is 0.619 bits per heavy atom. The SMILES string of the molecule is C1=C[C@@H]2[C@H](C1=C(c1ccccc1)c1ccccc1)[C@@]1(c3ccccc3)S[C@@]2(c2ccccc2)c2nc3ccccc3n21. The molecule has 6 aromatic rings. The summed E-state index contributed by atoms with van der Waals surface area (Å²) in [6.07, 6.45) is 4.94. The molecule has 1 aromatic heterocycles. The van der Waals surface area contributed by atoms with Crippen LogP contribution in [0.1, 0.15) is 28.1 Å². The summed E-state index contributed by atoms with van der Waals surface area (Å²) in [5, 5.41) is 0. The minimum Gasteiger partial charge on any atom is -0.306 e. The molecule has 5 aromatic carbocycles. The Kier molecular flexibility index (Phi) is 5.12. The maximum atomic E-state index is 5.43. The topological polar surface area (TPSA) is 17.8 Å². The van der Waals surface area contributed by atoms with Crippen molar-refractivity contribution in [3.63, 3.8) is 0 Å². The van der Waals surface area contributed by atoms with Crippen molar-refractivity contribution in [2.75, 3.05) is 0 Å². The molecule has 2 aliphatic heterocycles. The number of rotatable bonds is 4. The molecule has 0 saturated carbocycles. The van der Waals surface area contributed by atoms with Crippen LogP contribution in [0.15, 0.2) is 163 Å². The van der Waals surface area contributed by atoms with Crippen LogP contribution in [0.25, 0.3) is 16.6 Å². The maximum absolute atomic E-state index is 5.43. The van der Waals surface area contributed by atoms with Gasteiger partial charge in [-0.25, -0.2) is 4.98 Å². The minimum absolute atomic E-state index is 0.200. The summed E-state index contributed by atoms with van der Waals surface area (Å²) >= 11 is 2.10. The molecule has 3 heterocycles. The van der Waals surface area contributed by atoms with E-state index in [2.05, 4.69) is 174 Å². The lowest BCUT2D eigenvalue weighted by molar-refractivity contribution is 0.281. The van der Waals surface area contributed by atoms with Crippen molar-refractivity contribution in [1.82, 2.24) is 9.55 Å². The molecule has 2 nitrogen and oxygen atoms in total. The van der Waals surface area contributed by atoms with Crippen molar-refractivity contribution in [3.8, 4) is 0 Å². The zero-order valence-electron chi connectivity index (χ0n) is 23.0. The molecule has 42 heavy (non-hydrogen) atoms. The number of thioether (sulfide) groups is 1. The fourth-order valence-corrected chi connectivity index (χ4v) is 10.1. The summed E-state index contributed by atoms with van der Waals surface area (Å²) in [7, 11) is 0. The first-order chi connectivity index (χ1) is 20.8. The Bertz CT molecular complexity index is 1970. The second kappa shape index (κ2) is 8.95. The Labute approximate surface area is 250 Å². The van der Waals surface area contributed by atoms with Gasteiger partial charge in [-0.15, -0.1) is 11.8 Å². The molecular formula is C39H28N2S. The molecule has 9 rings (SSSR count). The van der Waals surface area contributed by atoms with Gasteiger partial charge in [0.05, 0.1) is 11.0 Å². The number of allylic oxidation sites excluding steroid dienone is 3. The van der Waals surface area contributed by atoms with E-state index < -0.39 is 0 Å². The van der Waals surface area contributed by atoms with Gasteiger partial charge in [-0.3, -0.25) is 0 Å². The average molecular weight is 557 g/mol. The summed E-state index contributed by atoms with van der Waals surface area (Å²) in [6.45, 7) is 0. The van der Waals surface area contributed by atoms with Gasteiger partial charge in [0.2, 0.25) is 0 Å². The zero-order valence-corrected chi connectivity index (χ0v) is 23.8. The van der Waals surface area contributed by atoms with E-state index in [-0.39, 0.29) is 21.5 Å². The summed E-state index contributed by atoms with van der Waals surface area (Å²) < 4.78 is 2.29. The molecule has 0 unspecified atom stereocenters. The van der Waals surface area contributed by atoms with Gasteiger partial charge >= 0.3 is 0 Å². The van der Waals surface area contributed by atoms with Gasteiger partial charge < -0.3 is 4.57 Å². The van der Waals surface area contributed by atoms with Crippen molar-refractivity contribution < 1.29 is 0 Å². The summed E-state index contributed by atoms with van der Waals surface area (Å²) in [5.74, 6) is 1.61. The molecule has 0 radical (unpaired) electrons. The van der Waals surface area contributed by atoms with Gasteiger partial charge in [0, 0.05) is 11.8 Å². The highest BCUT2D eigenvalue weighted by molar-refractivity contribution is 8.02. The molecule has 200 valence electrons. The Morgan fingerprint density at radius 3 is 1.81 bits per heavy atom. The number of nitrogens with zero attached hydrogens (tertiary/aromatic N) is 2. The normalized spacial score (nSPS) is 25.1. The second-order valence-corrected chi connectivity index (χ2v) is 12.9. The van der Waals surface area contributed by atoms with Crippen LogP contribution >= 0.6 is 11.8 Å². The summed E-state index contributed by atoms with van der Waals surface area (Å²) in [6, 6.07) is 52.9. The van der Waals surface area contributed by atoms with Crippen LogP contribution in [0, 0.1) is 11.8 Å². The molecule has 3 heteroatoms. The highest BCUT2D eigenvalue weighted by Crippen LogP contribution is 2.77. The summed E-state index contributed by atoms with van der Waals surface area (Å²) in [4.78, 5) is 5.06. The lowest BCUT2D eigenvalue weighted by atomic mass is 9.69. The molecule has 0 N–H and O–H groups in total. The number of fused-ring (bicyclic) bond motifs is 10. The fourth-order valence-electron chi connectivity index (χ4n) is 7.87. The number of hydrogen-bond donors (Lipinski definition) is 0. The van der Waals surface area contributed by atoms with E-state index in [4.69, 9.17) is 4.98 Å². The van der Waals surface area contributed by atoms with Crippen LogP contribution in [0.2, 0.25) is 0 Å². The van der Waals surface area contributed by atoms with Gasteiger partial charge in [-0.05, 0) is 45.5 Å². The molecule has 1 fully saturated rings. The molecular weight excluding hydrogens is 529 g/mol. The smallest absolute Gasteiger partial charge is 0.132 e. The first kappa shape index (κ1) is 24.0. The third-order valence-corrected chi connectivity index (χ3v) is 11.4. The molecule has 3 aliphatic rings. The lowest BCUT2D eigenvalue weighted by Gasteiger charge is -2.40. The van der Waals surface area contributed by atoms with Crippen LogP contribution in [-0.2, 0) is 9.62 Å². The standard InChI is InChI=1S/C39H28N2S/c1-5-15-27(16-6-1)35(28-17-7-2-8-18-28)31-25-26-32-36(31)39(30-21-11-4-12-22-30)41-34-24-14-13-23-33(34)40-37(41)38(32,42-39)29-19-9-3-10-20-29/h1-26,32,36H/t32-,36+,38-,39-/m1/s1. The second-order valence-electron chi connectivity index (χ2n) is 11.5. The van der Waals surface area contributed by atoms with E-state index in [9.17, 15) is 0 Å². The Morgan fingerprint density at radius 2 is 1.17 bits per heavy atom. The van der Waals surface area contributed by atoms with Crippen molar-refractivity contribution >= 4 is 28.4 Å². The number of imidazole rings is 1. The van der Waals surface area contributed by atoms with Crippen LogP contribution in [-0.4, -0.2) is 9.55 Å². The van der Waals surface area contributed by atoms with Crippen LogP contribution < -0.4 is 0 Å². The predicted octanol–water partition coefficient (Wildman–Crippen LogP) is 9.05. The number of hydrogen-bond acceptors (Lipinski definition) is 2. The van der Waals surface area contributed by atoms with Crippen LogP contribution in [0.3, 0.4) is 0 Å². The van der Waals surface area contributed by atoms with Crippen molar-refractivity contribution in [2.45, 2.75) is 9.62 Å². The van der Waals surface area contributed by atoms with Crippen LogP contribution in [0.5, 0.6) is 0 Å². The van der Waals surface area contributed by atoms with Crippen molar-refractivity contribution in [2.24, 2.45) is 11.8 Å². The van der Waals surface area contributed by atoms with Crippen LogP contribution in [0.4, 0.5) is 0 Å². The molecule has 2 bridgehead atoms. The highest BCUT2D eigenvalue weighted by atomic mass is 32.2. The van der Waals surface area contributed by atoms with Gasteiger partial charge in [0.15, 0.2) is 0 Å². The number of aromatic nitrogens is 2. The molecule has 0 spiro atoms. The quantitative estimate of drug-likeness (QED) is 0.216. The summed E-state index contributed by atoms with van der Waals surface area (Å²) in [5.41, 5.74) is 10.1. The molecule has 4 atom stereocenters. The monoisotopic (exact) mass is 556 g/mol. The highest BCUT2D eigenvalue weighted by Gasteiger charge is 2.73. The van der Waals surface area contributed by atoms with Gasteiger partial charge in [0.1, 0.15) is 15.4 Å². The average Bonchev–Trinajstić information content (AvgIpc) is 3.81. The third-order valence-electron chi connectivity index (χ3n) is 9.41. The Hall–Kier alpha value is -4.60. The van der Waals surface area contributed by atoms with E-state index in [0.29, 0.717) is 0 Å². The molecule has 0 amide bonds. The van der Waals surface area contributed by atoms with E-state index >= 15 is 0 Å². The van der Waals surface area contributed by atoms with Gasteiger partial charge in [-0.2, -0.15) is 0 Å². The Balaban J connectivity index is 1.43. The van der Waals surface area contributed by atoms with E-state index in [0.717, 1.165) is 11.3 Å². The largest absolute Gasteiger partial charge is 0.306 e. The lowest BCUT2D eigenvalue weighted by Crippen LogP contribution is -2.43. The van der Waals surface area contributed by atoms with E-state index in [1.165, 1.54) is 38.9 Å². The maximum Gasteiger partial charge on any atom is 0.132 e. The van der Waals surface area contributed by atoms with Gasteiger partial charge in [-0.1, -0.05) is 146 Å². The van der Waals surface area contributed by atoms with Gasteiger partial charge in [0.25, 0.3) is 0 Å². The van der Waals surface area contributed by atoms with E-state index in [1.54, 1.807) is 0 Å². The van der Waals surface area contributed by atoms with Crippen molar-refractivity contribution in [3.05, 3.63) is 191 Å². The number of benzene rings is 5. The molecule has 1 saturated heterocycles. The minimum atomic E-state index is -0.374. The third kappa shape index (κ3) is 3.04. The fraction of sp³-hybridized carbons (Fsp3) is 0.103.